The molecule has 0 aliphatic heterocycles. The lowest BCUT2D eigenvalue weighted by atomic mass is 10.1. The average Bonchev–Trinajstić information content (AvgIpc) is 2.93. The normalized spacial score (nSPS) is 12.1. The fourth-order valence-electron chi connectivity index (χ4n) is 1.71. The lowest BCUT2D eigenvalue weighted by molar-refractivity contribution is -0.117. The maximum absolute atomic E-state index is 11.8. The Morgan fingerprint density at radius 2 is 2.37 bits per heavy atom. The summed E-state index contributed by atoms with van der Waals surface area (Å²) in [7, 11) is 0. The van der Waals surface area contributed by atoms with Gasteiger partial charge in [0.1, 0.15) is 0 Å². The van der Waals surface area contributed by atoms with Gasteiger partial charge in [-0.05, 0) is 24.6 Å². The molecule has 0 radical (unpaired) electrons. The summed E-state index contributed by atoms with van der Waals surface area (Å²) < 4.78 is 5.11. The van der Waals surface area contributed by atoms with Crippen molar-refractivity contribution < 1.29 is 9.21 Å². The van der Waals surface area contributed by atoms with Crippen LogP contribution in [0.3, 0.4) is 0 Å². The third kappa shape index (κ3) is 3.38. The van der Waals surface area contributed by atoms with Crippen LogP contribution in [0.15, 0.2) is 35.1 Å². The van der Waals surface area contributed by atoms with E-state index in [2.05, 4.69) is 15.5 Å². The largest absolute Gasteiger partial charge is 0.423 e. The summed E-state index contributed by atoms with van der Waals surface area (Å²) in [6.07, 6.45) is 2.80. The molecule has 100 valence electrons. The molecule has 2 aromatic rings. The number of nitrogens with one attached hydrogen (secondary N) is 1. The molecule has 1 atom stereocenters. The van der Waals surface area contributed by atoms with Gasteiger partial charge in [-0.2, -0.15) is 0 Å². The van der Waals surface area contributed by atoms with Crippen LogP contribution in [-0.2, 0) is 4.79 Å². The maximum atomic E-state index is 11.8. The second kappa shape index (κ2) is 6.10. The van der Waals surface area contributed by atoms with Gasteiger partial charge in [0.15, 0.2) is 0 Å². The molecule has 3 N–H and O–H groups in total. The SMILES string of the molecule is CCC[C@H](N)C(=O)Nc1cccc(-c2nnco2)c1. The van der Waals surface area contributed by atoms with E-state index in [1.807, 2.05) is 13.0 Å². The predicted octanol–water partition coefficient (Wildman–Crippen LogP) is 1.80. The van der Waals surface area contributed by atoms with Crippen LogP contribution < -0.4 is 11.1 Å². The van der Waals surface area contributed by atoms with Gasteiger partial charge in [0, 0.05) is 11.3 Å². The van der Waals surface area contributed by atoms with Gasteiger partial charge >= 0.3 is 0 Å². The first-order valence-electron chi connectivity index (χ1n) is 6.13. The molecule has 0 saturated carbocycles. The summed E-state index contributed by atoms with van der Waals surface area (Å²) in [5.74, 6) is 0.221. The zero-order chi connectivity index (χ0) is 13.7. The van der Waals surface area contributed by atoms with E-state index in [0.29, 0.717) is 18.0 Å². The quantitative estimate of drug-likeness (QED) is 0.854. The van der Waals surface area contributed by atoms with E-state index in [4.69, 9.17) is 10.2 Å². The molecule has 0 fully saturated rings. The number of benzene rings is 1. The maximum Gasteiger partial charge on any atom is 0.247 e. The highest BCUT2D eigenvalue weighted by Gasteiger charge is 2.13. The second-order valence-electron chi connectivity index (χ2n) is 4.21. The van der Waals surface area contributed by atoms with Crippen LogP contribution in [0.4, 0.5) is 5.69 Å². The monoisotopic (exact) mass is 260 g/mol. The first-order valence-corrected chi connectivity index (χ1v) is 6.13. The highest BCUT2D eigenvalue weighted by atomic mass is 16.4. The smallest absolute Gasteiger partial charge is 0.247 e. The van der Waals surface area contributed by atoms with Gasteiger partial charge in [0.05, 0.1) is 6.04 Å². The number of aromatic nitrogens is 2. The van der Waals surface area contributed by atoms with Crippen LogP contribution >= 0.6 is 0 Å². The summed E-state index contributed by atoms with van der Waals surface area (Å²) in [5, 5.41) is 10.2. The molecule has 1 aromatic heterocycles. The highest BCUT2D eigenvalue weighted by molar-refractivity contribution is 5.95. The molecule has 1 aromatic carbocycles. The molecular weight excluding hydrogens is 244 g/mol. The highest BCUT2D eigenvalue weighted by Crippen LogP contribution is 2.20. The van der Waals surface area contributed by atoms with Gasteiger partial charge in [-0.1, -0.05) is 19.4 Å². The summed E-state index contributed by atoms with van der Waals surface area (Å²) in [6, 6.07) is 6.70. The Hall–Kier alpha value is -2.21. The van der Waals surface area contributed by atoms with Crippen LogP contribution in [0, 0.1) is 0 Å². The minimum absolute atomic E-state index is 0.190. The minimum Gasteiger partial charge on any atom is -0.423 e. The number of rotatable bonds is 5. The fourth-order valence-corrected chi connectivity index (χ4v) is 1.71. The van der Waals surface area contributed by atoms with Gasteiger partial charge in [-0.25, -0.2) is 0 Å². The summed E-state index contributed by atoms with van der Waals surface area (Å²) in [6.45, 7) is 1.99. The van der Waals surface area contributed by atoms with E-state index in [0.717, 1.165) is 12.0 Å². The third-order valence-corrected chi connectivity index (χ3v) is 2.67. The van der Waals surface area contributed by atoms with Crippen molar-refractivity contribution in [3.8, 4) is 11.5 Å². The first-order chi connectivity index (χ1) is 9.20. The Morgan fingerprint density at radius 3 is 3.05 bits per heavy atom. The van der Waals surface area contributed by atoms with E-state index in [9.17, 15) is 4.79 Å². The zero-order valence-electron chi connectivity index (χ0n) is 10.7. The van der Waals surface area contributed by atoms with Crippen LogP contribution in [-0.4, -0.2) is 22.1 Å². The fraction of sp³-hybridized carbons (Fsp3) is 0.308. The summed E-state index contributed by atoms with van der Waals surface area (Å²) in [5.41, 5.74) is 7.16. The Labute approximate surface area is 111 Å². The molecule has 0 aliphatic rings. The summed E-state index contributed by atoms with van der Waals surface area (Å²) >= 11 is 0. The van der Waals surface area contributed by atoms with Crippen molar-refractivity contribution in [2.45, 2.75) is 25.8 Å². The van der Waals surface area contributed by atoms with Crippen molar-refractivity contribution >= 4 is 11.6 Å². The third-order valence-electron chi connectivity index (χ3n) is 2.67. The molecule has 0 aliphatic carbocycles. The number of hydrogen-bond acceptors (Lipinski definition) is 5. The topological polar surface area (TPSA) is 94.0 Å². The number of amides is 1. The van der Waals surface area contributed by atoms with E-state index in [-0.39, 0.29) is 5.91 Å². The zero-order valence-corrected chi connectivity index (χ0v) is 10.7. The molecular formula is C13H16N4O2. The number of hydrogen-bond donors (Lipinski definition) is 2. The first kappa shape index (κ1) is 13.2. The van der Waals surface area contributed by atoms with Crippen molar-refractivity contribution in [3.05, 3.63) is 30.7 Å². The Balaban J connectivity index is 2.09. The molecule has 6 heteroatoms. The number of carbonyl (C=O) groups excluding carboxylic acids is 1. The van der Waals surface area contributed by atoms with E-state index < -0.39 is 6.04 Å². The van der Waals surface area contributed by atoms with Crippen LogP contribution in [0.5, 0.6) is 0 Å². The van der Waals surface area contributed by atoms with Crippen molar-refractivity contribution in [2.75, 3.05) is 5.32 Å². The van der Waals surface area contributed by atoms with Gasteiger partial charge in [-0.15, -0.1) is 10.2 Å². The lowest BCUT2D eigenvalue weighted by Crippen LogP contribution is -2.35. The molecule has 0 unspecified atom stereocenters. The van der Waals surface area contributed by atoms with E-state index in [1.54, 1.807) is 18.2 Å². The number of nitrogens with zero attached hydrogens (tertiary/aromatic N) is 2. The molecule has 1 amide bonds. The standard InChI is InChI=1S/C13H16N4O2/c1-2-4-11(14)12(18)16-10-6-3-5-9(7-10)13-17-15-8-19-13/h3,5-8,11H,2,4,14H2,1H3,(H,16,18)/t11-/m0/s1. The predicted molar refractivity (Wildman–Crippen MR) is 71.2 cm³/mol. The Morgan fingerprint density at radius 1 is 1.53 bits per heavy atom. The van der Waals surface area contributed by atoms with Gasteiger partial charge in [0.25, 0.3) is 0 Å². The van der Waals surface area contributed by atoms with E-state index in [1.165, 1.54) is 6.39 Å². The Kier molecular flexibility index (Phi) is 4.25. The molecule has 0 spiro atoms. The van der Waals surface area contributed by atoms with Crippen molar-refractivity contribution in [1.29, 1.82) is 0 Å². The van der Waals surface area contributed by atoms with Crippen LogP contribution in [0.2, 0.25) is 0 Å². The van der Waals surface area contributed by atoms with Gasteiger partial charge in [0.2, 0.25) is 18.2 Å². The number of nitrogens with two attached hydrogens (primary N) is 1. The van der Waals surface area contributed by atoms with Gasteiger partial charge in [-0.3, -0.25) is 4.79 Å². The molecule has 0 saturated heterocycles. The van der Waals surface area contributed by atoms with Crippen molar-refractivity contribution in [1.82, 2.24) is 10.2 Å². The molecule has 6 nitrogen and oxygen atoms in total. The molecule has 19 heavy (non-hydrogen) atoms. The Bertz CT molecular complexity index is 539. The van der Waals surface area contributed by atoms with Crippen LogP contribution in [0.25, 0.3) is 11.5 Å². The van der Waals surface area contributed by atoms with Crippen LogP contribution in [0.1, 0.15) is 19.8 Å². The van der Waals surface area contributed by atoms with E-state index >= 15 is 0 Å². The molecule has 0 bridgehead atoms. The number of anilines is 1. The van der Waals surface area contributed by atoms with Crippen molar-refractivity contribution in [3.63, 3.8) is 0 Å². The summed E-state index contributed by atoms with van der Waals surface area (Å²) in [4.78, 5) is 11.8. The number of carbonyl (C=O) groups is 1. The second-order valence-corrected chi connectivity index (χ2v) is 4.21. The lowest BCUT2D eigenvalue weighted by Gasteiger charge is -2.11. The molecule has 1 heterocycles. The van der Waals surface area contributed by atoms with Crippen molar-refractivity contribution in [2.24, 2.45) is 5.73 Å². The average molecular weight is 260 g/mol. The van der Waals surface area contributed by atoms with Gasteiger partial charge < -0.3 is 15.5 Å². The minimum atomic E-state index is -0.489. The molecule has 2 rings (SSSR count).